The van der Waals surface area contributed by atoms with Crippen LogP contribution in [-0.2, 0) is 4.79 Å². The van der Waals surface area contributed by atoms with Crippen LogP contribution in [0.15, 0.2) is 24.3 Å². The Morgan fingerprint density at radius 2 is 2.29 bits per heavy atom. The van der Waals surface area contributed by atoms with Gasteiger partial charge < -0.3 is 10.2 Å². The number of benzene rings is 1. The van der Waals surface area contributed by atoms with Crippen LogP contribution in [0.1, 0.15) is 18.4 Å². The average Bonchev–Trinajstić information content (AvgIpc) is 2.64. The fourth-order valence-corrected chi connectivity index (χ4v) is 3.06. The summed E-state index contributed by atoms with van der Waals surface area (Å²) in [6, 6.07) is 8.61. The molecule has 3 heteroatoms. The largest absolute Gasteiger partial charge is 0.315 e. The number of nitrogens with zero attached hydrogens (tertiary/aromatic N) is 1. The van der Waals surface area contributed by atoms with Crippen molar-refractivity contribution in [2.75, 3.05) is 18.0 Å². The van der Waals surface area contributed by atoms with E-state index in [2.05, 4.69) is 24.4 Å². The number of fused-ring (bicyclic) bond motifs is 1. The number of hydrogen-bond donors (Lipinski definition) is 1. The van der Waals surface area contributed by atoms with Gasteiger partial charge in [0.2, 0.25) is 5.91 Å². The summed E-state index contributed by atoms with van der Waals surface area (Å²) >= 11 is 0. The molecule has 90 valence electrons. The molecule has 0 saturated carbocycles. The first-order valence-electron chi connectivity index (χ1n) is 6.35. The van der Waals surface area contributed by atoms with Gasteiger partial charge in [-0.3, -0.25) is 4.79 Å². The highest BCUT2D eigenvalue weighted by Gasteiger charge is 2.41. The Hall–Kier alpha value is -1.35. The van der Waals surface area contributed by atoms with E-state index in [0.29, 0.717) is 12.0 Å². The van der Waals surface area contributed by atoms with E-state index >= 15 is 0 Å². The van der Waals surface area contributed by atoms with Crippen molar-refractivity contribution in [1.82, 2.24) is 5.32 Å². The third kappa shape index (κ3) is 1.84. The summed E-state index contributed by atoms with van der Waals surface area (Å²) in [5, 5.41) is 3.40. The molecule has 1 aromatic carbocycles. The molecule has 2 aliphatic heterocycles. The van der Waals surface area contributed by atoms with Crippen LogP contribution in [0.25, 0.3) is 0 Å². The van der Waals surface area contributed by atoms with E-state index in [1.54, 1.807) is 0 Å². The predicted molar refractivity (Wildman–Crippen MR) is 68.0 cm³/mol. The van der Waals surface area contributed by atoms with Crippen molar-refractivity contribution >= 4 is 11.6 Å². The molecule has 1 N–H and O–H groups in total. The number of aryl methyl sites for hydroxylation is 1. The lowest BCUT2D eigenvalue weighted by Crippen LogP contribution is -2.46. The van der Waals surface area contributed by atoms with Gasteiger partial charge in [0.05, 0.1) is 6.04 Å². The van der Waals surface area contributed by atoms with E-state index in [4.69, 9.17) is 0 Å². The third-order valence-corrected chi connectivity index (χ3v) is 3.91. The minimum atomic E-state index is 0.286. The molecule has 3 rings (SSSR count). The van der Waals surface area contributed by atoms with Gasteiger partial charge in [-0.25, -0.2) is 0 Å². The van der Waals surface area contributed by atoms with Gasteiger partial charge >= 0.3 is 0 Å². The maximum absolute atomic E-state index is 12.2. The van der Waals surface area contributed by atoms with Crippen LogP contribution < -0.4 is 10.2 Å². The van der Waals surface area contributed by atoms with Crippen molar-refractivity contribution in [3.8, 4) is 0 Å². The summed E-state index contributed by atoms with van der Waals surface area (Å²) in [5.74, 6) is 0.832. The van der Waals surface area contributed by atoms with Crippen molar-refractivity contribution in [2.24, 2.45) is 5.92 Å². The van der Waals surface area contributed by atoms with Gasteiger partial charge in [0.15, 0.2) is 0 Å². The number of amides is 1. The van der Waals surface area contributed by atoms with Gasteiger partial charge in [-0.05, 0) is 43.5 Å². The molecule has 3 nitrogen and oxygen atoms in total. The van der Waals surface area contributed by atoms with Crippen molar-refractivity contribution in [3.05, 3.63) is 29.8 Å². The van der Waals surface area contributed by atoms with Gasteiger partial charge in [0.1, 0.15) is 0 Å². The molecule has 2 aliphatic rings. The highest BCUT2D eigenvalue weighted by atomic mass is 16.2. The zero-order chi connectivity index (χ0) is 11.8. The van der Waals surface area contributed by atoms with Gasteiger partial charge in [-0.15, -0.1) is 0 Å². The maximum Gasteiger partial charge on any atom is 0.227 e. The molecular formula is C14H18N2O. The molecule has 0 spiro atoms. The number of carbonyl (C=O) groups is 1. The molecule has 0 bridgehead atoms. The first-order valence-corrected chi connectivity index (χ1v) is 6.35. The van der Waals surface area contributed by atoms with E-state index in [1.165, 1.54) is 5.56 Å². The van der Waals surface area contributed by atoms with Crippen LogP contribution in [0.5, 0.6) is 0 Å². The molecule has 2 heterocycles. The smallest absolute Gasteiger partial charge is 0.227 e. The number of rotatable bonds is 1. The van der Waals surface area contributed by atoms with Crippen LogP contribution in [0.4, 0.5) is 5.69 Å². The summed E-state index contributed by atoms with van der Waals surface area (Å²) in [5.41, 5.74) is 2.27. The van der Waals surface area contributed by atoms with Gasteiger partial charge in [-0.2, -0.15) is 0 Å². The second-order valence-electron chi connectivity index (χ2n) is 5.13. The third-order valence-electron chi connectivity index (χ3n) is 3.91. The number of anilines is 1. The first kappa shape index (κ1) is 10.8. The SMILES string of the molecule is Cc1cccc(N2C(=O)CC3CCNCC32)c1. The average molecular weight is 230 g/mol. The fraction of sp³-hybridized carbons (Fsp3) is 0.500. The number of nitrogens with one attached hydrogen (secondary N) is 1. The monoisotopic (exact) mass is 230 g/mol. The molecule has 1 amide bonds. The normalized spacial score (nSPS) is 28.3. The molecule has 2 fully saturated rings. The number of piperidine rings is 1. The molecule has 2 unspecified atom stereocenters. The Balaban J connectivity index is 1.93. The highest BCUT2D eigenvalue weighted by Crippen LogP contribution is 2.34. The van der Waals surface area contributed by atoms with Crippen LogP contribution in [0.3, 0.4) is 0 Å². The van der Waals surface area contributed by atoms with Crippen LogP contribution in [-0.4, -0.2) is 25.0 Å². The zero-order valence-electron chi connectivity index (χ0n) is 10.1. The molecule has 0 radical (unpaired) electrons. The van der Waals surface area contributed by atoms with E-state index in [9.17, 15) is 4.79 Å². The maximum atomic E-state index is 12.2. The molecule has 2 saturated heterocycles. The quantitative estimate of drug-likeness (QED) is 0.796. The predicted octanol–water partition coefficient (Wildman–Crippen LogP) is 1.71. The van der Waals surface area contributed by atoms with Crippen LogP contribution in [0, 0.1) is 12.8 Å². The van der Waals surface area contributed by atoms with Crippen molar-refractivity contribution in [3.63, 3.8) is 0 Å². The lowest BCUT2D eigenvalue weighted by Gasteiger charge is -2.32. The molecular weight excluding hydrogens is 212 g/mol. The summed E-state index contributed by atoms with van der Waals surface area (Å²) in [7, 11) is 0. The Kier molecular flexibility index (Phi) is 2.63. The standard InChI is InChI=1S/C14H18N2O/c1-10-3-2-4-12(7-10)16-13-9-15-6-5-11(13)8-14(16)17/h2-4,7,11,13,15H,5-6,8-9H2,1H3. The lowest BCUT2D eigenvalue weighted by molar-refractivity contribution is -0.117. The van der Waals surface area contributed by atoms with Crippen molar-refractivity contribution in [2.45, 2.75) is 25.8 Å². The summed E-state index contributed by atoms with van der Waals surface area (Å²) in [4.78, 5) is 14.2. The van der Waals surface area contributed by atoms with E-state index in [-0.39, 0.29) is 5.91 Å². The second-order valence-corrected chi connectivity index (χ2v) is 5.13. The summed E-state index contributed by atoms with van der Waals surface area (Å²) in [6.45, 7) is 4.06. The number of hydrogen-bond acceptors (Lipinski definition) is 2. The number of carbonyl (C=O) groups excluding carboxylic acids is 1. The molecule has 17 heavy (non-hydrogen) atoms. The molecule has 0 aromatic heterocycles. The van der Waals surface area contributed by atoms with Crippen molar-refractivity contribution in [1.29, 1.82) is 0 Å². The summed E-state index contributed by atoms with van der Waals surface area (Å²) in [6.07, 6.45) is 1.85. The topological polar surface area (TPSA) is 32.3 Å². The Morgan fingerprint density at radius 3 is 3.12 bits per heavy atom. The molecule has 2 atom stereocenters. The molecule has 1 aromatic rings. The zero-order valence-corrected chi connectivity index (χ0v) is 10.1. The van der Waals surface area contributed by atoms with Crippen LogP contribution in [0.2, 0.25) is 0 Å². The van der Waals surface area contributed by atoms with E-state index in [0.717, 1.165) is 31.6 Å². The van der Waals surface area contributed by atoms with Gasteiger partial charge in [-0.1, -0.05) is 12.1 Å². The van der Waals surface area contributed by atoms with E-state index in [1.807, 2.05) is 17.0 Å². The van der Waals surface area contributed by atoms with Crippen LogP contribution >= 0.6 is 0 Å². The highest BCUT2D eigenvalue weighted by molar-refractivity contribution is 5.96. The van der Waals surface area contributed by atoms with Crippen molar-refractivity contribution < 1.29 is 4.79 Å². The van der Waals surface area contributed by atoms with E-state index < -0.39 is 0 Å². The van der Waals surface area contributed by atoms with Gasteiger partial charge in [0.25, 0.3) is 0 Å². The Morgan fingerprint density at radius 1 is 1.41 bits per heavy atom. The minimum absolute atomic E-state index is 0.286. The minimum Gasteiger partial charge on any atom is -0.315 e. The van der Waals surface area contributed by atoms with Gasteiger partial charge in [0, 0.05) is 18.7 Å². The molecule has 0 aliphatic carbocycles. The lowest BCUT2D eigenvalue weighted by atomic mass is 9.93. The first-order chi connectivity index (χ1) is 8.25. The fourth-order valence-electron chi connectivity index (χ4n) is 3.06. The Bertz CT molecular complexity index is 444. The summed E-state index contributed by atoms with van der Waals surface area (Å²) < 4.78 is 0. The Labute approximate surface area is 102 Å². The second kappa shape index (κ2) is 4.15.